The van der Waals surface area contributed by atoms with Crippen molar-refractivity contribution in [2.45, 2.75) is 109 Å². The fourth-order valence-corrected chi connectivity index (χ4v) is 7.08. The minimum atomic E-state index is 1.03. The molecule has 2 saturated carbocycles. The van der Waals surface area contributed by atoms with Gasteiger partial charge in [0.25, 0.3) is 0 Å². The maximum atomic E-state index is 2.81. The fraction of sp³-hybridized carbons (Fsp3) is 1.00. The third kappa shape index (κ3) is 7.53. The standard InChI is InChI=1S/C27H50N2/c1-3-8-26(9-4-1)22-28-18-14-24(15-19-28)12-7-13-25-16-20-29(21-17-25)23-27-10-5-2-6-11-27/h24-27H,1-23H2. The highest BCUT2D eigenvalue weighted by atomic mass is 15.1. The summed E-state index contributed by atoms with van der Waals surface area (Å²) in [4.78, 5) is 5.63. The van der Waals surface area contributed by atoms with Crippen molar-refractivity contribution in [2.24, 2.45) is 23.7 Å². The predicted molar refractivity (Wildman–Crippen MR) is 125 cm³/mol. The van der Waals surface area contributed by atoms with E-state index in [0.29, 0.717) is 0 Å². The van der Waals surface area contributed by atoms with E-state index < -0.39 is 0 Å². The molecule has 0 aromatic carbocycles. The topological polar surface area (TPSA) is 6.48 Å². The zero-order chi connectivity index (χ0) is 19.7. The van der Waals surface area contributed by atoms with Crippen LogP contribution in [0.2, 0.25) is 0 Å². The molecular weight excluding hydrogens is 352 g/mol. The Hall–Kier alpha value is -0.0800. The molecular formula is C27H50N2. The van der Waals surface area contributed by atoms with E-state index in [0.717, 1.165) is 23.7 Å². The first-order valence-electron chi connectivity index (χ1n) is 13.8. The normalized spacial score (nSPS) is 28.1. The van der Waals surface area contributed by atoms with Crippen LogP contribution in [0.5, 0.6) is 0 Å². The lowest BCUT2D eigenvalue weighted by atomic mass is 9.85. The zero-order valence-corrected chi connectivity index (χ0v) is 19.5. The molecule has 0 atom stereocenters. The summed E-state index contributed by atoms with van der Waals surface area (Å²) in [5, 5.41) is 0. The quantitative estimate of drug-likeness (QED) is 0.443. The second kappa shape index (κ2) is 12.1. The number of piperidine rings is 2. The number of hydrogen-bond acceptors (Lipinski definition) is 2. The van der Waals surface area contributed by atoms with Gasteiger partial charge in [-0.3, -0.25) is 0 Å². The molecule has 0 amide bonds. The summed E-state index contributed by atoms with van der Waals surface area (Å²) in [6.07, 6.45) is 25.6. The van der Waals surface area contributed by atoms with E-state index in [9.17, 15) is 0 Å². The van der Waals surface area contributed by atoms with Crippen molar-refractivity contribution in [1.29, 1.82) is 0 Å². The highest BCUT2D eigenvalue weighted by molar-refractivity contribution is 4.79. The van der Waals surface area contributed by atoms with Crippen LogP contribution in [0.4, 0.5) is 0 Å². The molecule has 2 heteroatoms. The Balaban J connectivity index is 1.03. The zero-order valence-electron chi connectivity index (χ0n) is 19.5. The van der Waals surface area contributed by atoms with Crippen LogP contribution in [0.15, 0.2) is 0 Å². The summed E-state index contributed by atoms with van der Waals surface area (Å²) >= 11 is 0. The molecule has 2 saturated heterocycles. The molecule has 168 valence electrons. The number of likely N-dealkylation sites (tertiary alicyclic amines) is 2. The van der Waals surface area contributed by atoms with Gasteiger partial charge < -0.3 is 9.80 Å². The average molecular weight is 403 g/mol. The average Bonchev–Trinajstić information content (AvgIpc) is 2.78. The van der Waals surface area contributed by atoms with Crippen LogP contribution in [0, 0.1) is 23.7 Å². The van der Waals surface area contributed by atoms with E-state index in [4.69, 9.17) is 0 Å². The molecule has 2 aliphatic carbocycles. The van der Waals surface area contributed by atoms with Gasteiger partial charge in [-0.1, -0.05) is 57.8 Å². The van der Waals surface area contributed by atoms with Gasteiger partial charge in [0.05, 0.1) is 0 Å². The van der Waals surface area contributed by atoms with E-state index in [1.807, 2.05) is 0 Å². The van der Waals surface area contributed by atoms with Crippen LogP contribution < -0.4 is 0 Å². The second-order valence-electron chi connectivity index (χ2n) is 11.4. The molecule has 0 spiro atoms. The minimum absolute atomic E-state index is 1.03. The van der Waals surface area contributed by atoms with Crippen LogP contribution in [-0.2, 0) is 0 Å². The first kappa shape index (κ1) is 22.1. The van der Waals surface area contributed by atoms with Crippen molar-refractivity contribution in [3.8, 4) is 0 Å². The third-order valence-corrected chi connectivity index (χ3v) is 9.12. The molecule has 0 unspecified atom stereocenters. The summed E-state index contributed by atoms with van der Waals surface area (Å²) in [5.41, 5.74) is 0. The van der Waals surface area contributed by atoms with Gasteiger partial charge in [0.2, 0.25) is 0 Å². The summed E-state index contributed by atoms with van der Waals surface area (Å²) in [6.45, 7) is 8.46. The van der Waals surface area contributed by atoms with Gasteiger partial charge in [-0.15, -0.1) is 0 Å². The molecule has 0 radical (unpaired) electrons. The lowest BCUT2D eigenvalue weighted by molar-refractivity contribution is 0.131. The van der Waals surface area contributed by atoms with Crippen molar-refractivity contribution < 1.29 is 0 Å². The van der Waals surface area contributed by atoms with E-state index in [1.54, 1.807) is 0 Å². The predicted octanol–water partition coefficient (Wildman–Crippen LogP) is 6.74. The lowest BCUT2D eigenvalue weighted by Crippen LogP contribution is -2.38. The molecule has 0 bridgehead atoms. The Morgan fingerprint density at radius 3 is 1.17 bits per heavy atom. The van der Waals surface area contributed by atoms with Crippen molar-refractivity contribution in [3.05, 3.63) is 0 Å². The molecule has 2 nitrogen and oxygen atoms in total. The summed E-state index contributed by atoms with van der Waals surface area (Å²) in [5.74, 6) is 4.15. The van der Waals surface area contributed by atoms with Gasteiger partial charge in [0.1, 0.15) is 0 Å². The Labute approximate surface area is 182 Å². The van der Waals surface area contributed by atoms with Gasteiger partial charge in [-0.25, -0.2) is 0 Å². The van der Waals surface area contributed by atoms with Crippen molar-refractivity contribution >= 4 is 0 Å². The van der Waals surface area contributed by atoms with Gasteiger partial charge in [0.15, 0.2) is 0 Å². The maximum Gasteiger partial charge on any atom is 0.000966 e. The third-order valence-electron chi connectivity index (χ3n) is 9.12. The second-order valence-corrected chi connectivity index (χ2v) is 11.4. The van der Waals surface area contributed by atoms with Crippen LogP contribution >= 0.6 is 0 Å². The molecule has 2 aliphatic heterocycles. The van der Waals surface area contributed by atoms with E-state index in [-0.39, 0.29) is 0 Å². The molecule has 29 heavy (non-hydrogen) atoms. The summed E-state index contributed by atoms with van der Waals surface area (Å²) in [6, 6.07) is 0. The van der Waals surface area contributed by atoms with Gasteiger partial charge >= 0.3 is 0 Å². The largest absolute Gasteiger partial charge is 0.303 e. The fourth-order valence-electron chi connectivity index (χ4n) is 7.08. The number of hydrogen-bond donors (Lipinski definition) is 0. The molecule has 0 aromatic rings. The lowest BCUT2D eigenvalue weighted by Gasteiger charge is -2.36. The van der Waals surface area contributed by atoms with Gasteiger partial charge in [-0.2, -0.15) is 0 Å². The van der Waals surface area contributed by atoms with E-state index >= 15 is 0 Å². The molecule has 2 heterocycles. The summed E-state index contributed by atoms with van der Waals surface area (Å²) < 4.78 is 0. The minimum Gasteiger partial charge on any atom is -0.303 e. The molecule has 4 rings (SSSR count). The van der Waals surface area contributed by atoms with Crippen molar-refractivity contribution in [1.82, 2.24) is 9.80 Å². The molecule has 0 aromatic heterocycles. The first-order chi connectivity index (χ1) is 14.3. The Kier molecular flexibility index (Phi) is 9.22. The van der Waals surface area contributed by atoms with Crippen LogP contribution in [0.3, 0.4) is 0 Å². The van der Waals surface area contributed by atoms with Gasteiger partial charge in [-0.05, 0) is 101 Å². The van der Waals surface area contributed by atoms with Crippen molar-refractivity contribution in [2.75, 3.05) is 39.3 Å². The Morgan fingerprint density at radius 2 is 0.793 bits per heavy atom. The Morgan fingerprint density at radius 1 is 0.414 bits per heavy atom. The van der Waals surface area contributed by atoms with Crippen LogP contribution in [-0.4, -0.2) is 49.1 Å². The molecule has 4 aliphatic rings. The molecule has 0 N–H and O–H groups in total. The summed E-state index contributed by atoms with van der Waals surface area (Å²) in [7, 11) is 0. The van der Waals surface area contributed by atoms with E-state index in [2.05, 4.69) is 9.80 Å². The Bertz CT molecular complexity index is 382. The van der Waals surface area contributed by atoms with Crippen LogP contribution in [0.1, 0.15) is 109 Å². The number of nitrogens with zero attached hydrogens (tertiary/aromatic N) is 2. The van der Waals surface area contributed by atoms with Crippen molar-refractivity contribution in [3.63, 3.8) is 0 Å². The highest BCUT2D eigenvalue weighted by Gasteiger charge is 2.25. The molecule has 4 fully saturated rings. The smallest absolute Gasteiger partial charge is 0.000966 e. The number of rotatable bonds is 8. The van der Waals surface area contributed by atoms with Gasteiger partial charge in [0, 0.05) is 13.1 Å². The first-order valence-corrected chi connectivity index (χ1v) is 13.8. The maximum absolute atomic E-state index is 2.81. The SMILES string of the molecule is C1CCC(CN2CCC(CCCC3CCN(CC4CCCCC4)CC3)CC2)CC1. The highest BCUT2D eigenvalue weighted by Crippen LogP contribution is 2.31. The monoisotopic (exact) mass is 402 g/mol. The van der Waals surface area contributed by atoms with E-state index in [1.165, 1.54) is 148 Å². The van der Waals surface area contributed by atoms with Crippen LogP contribution in [0.25, 0.3) is 0 Å².